The lowest BCUT2D eigenvalue weighted by atomic mass is 10.1. The van der Waals surface area contributed by atoms with Crippen LogP contribution in [0.4, 0.5) is 8.78 Å². The van der Waals surface area contributed by atoms with Crippen molar-refractivity contribution in [2.75, 3.05) is 19.7 Å². The summed E-state index contributed by atoms with van der Waals surface area (Å²) in [7, 11) is 0. The van der Waals surface area contributed by atoms with Gasteiger partial charge in [-0.25, -0.2) is 0 Å². The highest BCUT2D eigenvalue weighted by Crippen LogP contribution is 2.33. The van der Waals surface area contributed by atoms with Crippen LogP contribution in [0.2, 0.25) is 0 Å². The Hall–Kier alpha value is -1.69. The van der Waals surface area contributed by atoms with Gasteiger partial charge in [0.1, 0.15) is 11.9 Å². The van der Waals surface area contributed by atoms with Gasteiger partial charge in [-0.05, 0) is 30.5 Å². The number of carbonyl (C=O) groups excluding carboxylic acids is 1. The number of nitrogens with zero attached hydrogens (tertiary/aromatic N) is 1. The van der Waals surface area contributed by atoms with Gasteiger partial charge in [0.25, 0.3) is 0 Å². The summed E-state index contributed by atoms with van der Waals surface area (Å²) in [6.07, 6.45) is 1.65. The maximum Gasteiger partial charge on any atom is 0.387 e. The molecule has 1 saturated carbocycles. The highest BCUT2D eigenvalue weighted by atomic mass is 19.3. The number of morpholine rings is 1. The molecule has 3 rings (SSSR count). The van der Waals surface area contributed by atoms with Crippen molar-refractivity contribution in [3.05, 3.63) is 29.8 Å². The van der Waals surface area contributed by atoms with E-state index in [0.717, 1.165) is 18.4 Å². The Morgan fingerprint density at radius 3 is 2.90 bits per heavy atom. The van der Waals surface area contributed by atoms with Gasteiger partial charge in [0.15, 0.2) is 0 Å². The summed E-state index contributed by atoms with van der Waals surface area (Å²) in [5.74, 6) is 0.470. The molecule has 21 heavy (non-hydrogen) atoms. The van der Waals surface area contributed by atoms with E-state index >= 15 is 0 Å². The van der Waals surface area contributed by atoms with Crippen LogP contribution in [-0.4, -0.2) is 37.1 Å². The molecule has 1 unspecified atom stereocenters. The molecule has 114 valence electrons. The molecule has 0 aromatic heterocycles. The zero-order valence-corrected chi connectivity index (χ0v) is 11.5. The number of hydrogen-bond donors (Lipinski definition) is 0. The van der Waals surface area contributed by atoms with Crippen LogP contribution in [-0.2, 0) is 9.53 Å². The fourth-order valence-electron chi connectivity index (χ4n) is 2.53. The summed E-state index contributed by atoms with van der Waals surface area (Å²) in [6, 6.07) is 6.47. The topological polar surface area (TPSA) is 38.8 Å². The number of hydrogen-bond acceptors (Lipinski definition) is 3. The monoisotopic (exact) mass is 297 g/mol. The van der Waals surface area contributed by atoms with Crippen LogP contribution >= 0.6 is 0 Å². The van der Waals surface area contributed by atoms with Crippen LogP contribution in [0, 0.1) is 5.92 Å². The molecule has 1 aliphatic heterocycles. The van der Waals surface area contributed by atoms with Crippen molar-refractivity contribution in [2.24, 2.45) is 5.92 Å². The smallest absolute Gasteiger partial charge is 0.387 e. The molecular formula is C15H17F2NO3. The van der Waals surface area contributed by atoms with E-state index in [1.807, 2.05) is 4.90 Å². The summed E-state index contributed by atoms with van der Waals surface area (Å²) in [4.78, 5) is 13.9. The second kappa shape index (κ2) is 5.97. The zero-order chi connectivity index (χ0) is 14.8. The van der Waals surface area contributed by atoms with Gasteiger partial charge in [0, 0.05) is 12.5 Å². The number of amides is 1. The molecule has 1 aliphatic carbocycles. The molecule has 1 aromatic carbocycles. The molecular weight excluding hydrogens is 280 g/mol. The number of carbonyl (C=O) groups is 1. The van der Waals surface area contributed by atoms with Crippen molar-refractivity contribution in [1.82, 2.24) is 4.90 Å². The summed E-state index contributed by atoms with van der Waals surface area (Å²) < 4.78 is 34.6. The first-order chi connectivity index (χ1) is 10.1. The van der Waals surface area contributed by atoms with Gasteiger partial charge in [-0.2, -0.15) is 8.78 Å². The van der Waals surface area contributed by atoms with E-state index in [0.29, 0.717) is 19.7 Å². The third-order valence-corrected chi connectivity index (χ3v) is 3.76. The van der Waals surface area contributed by atoms with E-state index in [-0.39, 0.29) is 23.7 Å². The van der Waals surface area contributed by atoms with Crippen molar-refractivity contribution in [3.63, 3.8) is 0 Å². The summed E-state index contributed by atoms with van der Waals surface area (Å²) in [6.45, 7) is -1.32. The average molecular weight is 297 g/mol. The Kier molecular flexibility index (Phi) is 4.05. The molecule has 2 aliphatic rings. The van der Waals surface area contributed by atoms with Crippen molar-refractivity contribution in [1.29, 1.82) is 0 Å². The number of halogens is 2. The van der Waals surface area contributed by atoms with Crippen LogP contribution in [0.5, 0.6) is 5.75 Å². The molecule has 1 heterocycles. The number of ether oxygens (including phenoxy) is 2. The van der Waals surface area contributed by atoms with E-state index in [2.05, 4.69) is 4.74 Å². The van der Waals surface area contributed by atoms with Crippen molar-refractivity contribution < 1.29 is 23.0 Å². The van der Waals surface area contributed by atoms with Gasteiger partial charge in [-0.3, -0.25) is 4.79 Å². The van der Waals surface area contributed by atoms with E-state index in [4.69, 9.17) is 4.74 Å². The molecule has 1 aromatic rings. The molecule has 4 nitrogen and oxygen atoms in total. The molecule has 1 saturated heterocycles. The van der Waals surface area contributed by atoms with E-state index in [9.17, 15) is 13.6 Å². The quantitative estimate of drug-likeness (QED) is 0.857. The Morgan fingerprint density at radius 1 is 1.38 bits per heavy atom. The Bertz CT molecular complexity index is 519. The van der Waals surface area contributed by atoms with Crippen LogP contribution < -0.4 is 4.74 Å². The minimum atomic E-state index is -2.85. The molecule has 0 N–H and O–H groups in total. The van der Waals surface area contributed by atoms with Gasteiger partial charge in [-0.1, -0.05) is 12.1 Å². The largest absolute Gasteiger partial charge is 0.435 e. The van der Waals surface area contributed by atoms with Gasteiger partial charge in [0.05, 0.1) is 13.2 Å². The lowest BCUT2D eigenvalue weighted by Gasteiger charge is -2.33. The fraction of sp³-hybridized carbons (Fsp3) is 0.533. The van der Waals surface area contributed by atoms with Gasteiger partial charge < -0.3 is 14.4 Å². The predicted molar refractivity (Wildman–Crippen MR) is 71.1 cm³/mol. The molecule has 0 bridgehead atoms. The fourth-order valence-corrected chi connectivity index (χ4v) is 2.53. The number of alkyl halides is 2. The summed E-state index contributed by atoms with van der Waals surface area (Å²) >= 11 is 0. The first kappa shape index (κ1) is 14.3. The van der Waals surface area contributed by atoms with Gasteiger partial charge in [0.2, 0.25) is 5.91 Å². The third kappa shape index (κ3) is 3.50. The van der Waals surface area contributed by atoms with Crippen LogP contribution in [0.25, 0.3) is 0 Å². The van der Waals surface area contributed by atoms with Gasteiger partial charge in [-0.15, -0.1) is 0 Å². The minimum absolute atomic E-state index is 0.108. The molecule has 0 spiro atoms. The first-order valence-electron chi connectivity index (χ1n) is 7.08. The standard InChI is InChI=1S/C15H17F2NO3/c16-15(17)21-12-3-1-2-11(8-12)13-9-18(6-7-20-13)14(19)10-4-5-10/h1-3,8,10,13,15H,4-7,9H2. The van der Waals surface area contributed by atoms with Crippen LogP contribution in [0.1, 0.15) is 24.5 Å². The predicted octanol–water partition coefficient (Wildman–Crippen LogP) is 2.60. The third-order valence-electron chi connectivity index (χ3n) is 3.76. The summed E-state index contributed by atoms with van der Waals surface area (Å²) in [5, 5.41) is 0. The SMILES string of the molecule is O=C(C1CC1)N1CCOC(c2cccc(OC(F)F)c2)C1. The second-order valence-electron chi connectivity index (χ2n) is 5.37. The maximum absolute atomic E-state index is 12.3. The molecule has 1 amide bonds. The van der Waals surface area contributed by atoms with Crippen molar-refractivity contribution >= 4 is 5.91 Å². The lowest BCUT2D eigenvalue weighted by Crippen LogP contribution is -2.43. The first-order valence-corrected chi connectivity index (χ1v) is 7.08. The van der Waals surface area contributed by atoms with Crippen LogP contribution in [0.3, 0.4) is 0 Å². The minimum Gasteiger partial charge on any atom is -0.435 e. The van der Waals surface area contributed by atoms with E-state index in [1.165, 1.54) is 6.07 Å². The average Bonchev–Trinajstić information content (AvgIpc) is 3.31. The lowest BCUT2D eigenvalue weighted by molar-refractivity contribution is -0.140. The highest BCUT2D eigenvalue weighted by Gasteiger charge is 2.35. The zero-order valence-electron chi connectivity index (χ0n) is 11.5. The Balaban J connectivity index is 1.69. The molecule has 2 fully saturated rings. The molecule has 1 atom stereocenters. The van der Waals surface area contributed by atoms with Crippen LogP contribution in [0.15, 0.2) is 24.3 Å². The summed E-state index contributed by atoms with van der Waals surface area (Å²) in [5.41, 5.74) is 0.751. The van der Waals surface area contributed by atoms with E-state index < -0.39 is 6.61 Å². The number of benzene rings is 1. The molecule has 0 radical (unpaired) electrons. The van der Waals surface area contributed by atoms with Gasteiger partial charge >= 0.3 is 6.61 Å². The highest BCUT2D eigenvalue weighted by molar-refractivity contribution is 5.81. The normalized spacial score (nSPS) is 22.4. The Morgan fingerprint density at radius 2 is 2.19 bits per heavy atom. The number of rotatable bonds is 4. The maximum atomic E-state index is 12.3. The van der Waals surface area contributed by atoms with Crippen molar-refractivity contribution in [3.8, 4) is 5.75 Å². The Labute approximate surface area is 121 Å². The second-order valence-corrected chi connectivity index (χ2v) is 5.37. The van der Waals surface area contributed by atoms with E-state index in [1.54, 1.807) is 18.2 Å². The molecule has 6 heteroatoms. The van der Waals surface area contributed by atoms with Crippen molar-refractivity contribution in [2.45, 2.75) is 25.6 Å².